The first kappa shape index (κ1) is 18.1. The van der Waals surface area contributed by atoms with E-state index in [1.54, 1.807) is 0 Å². The smallest absolute Gasteiger partial charge is 0.372 e. The van der Waals surface area contributed by atoms with E-state index in [1.165, 1.54) is 54.7 Å². The number of carbonyl (C=O) groups is 1. The van der Waals surface area contributed by atoms with Gasteiger partial charge in [-0.15, -0.1) is 11.3 Å². The molecule has 4 N–H and O–H groups in total. The van der Waals surface area contributed by atoms with Gasteiger partial charge in [0.05, 0.1) is 5.39 Å². The number of thiophene rings is 1. The predicted molar refractivity (Wildman–Crippen MR) is 99.5 cm³/mol. The number of aromatic carboxylic acids is 1. The normalized spacial score (nSPS) is 17.6. The van der Waals surface area contributed by atoms with E-state index in [4.69, 9.17) is 10.8 Å². The first-order valence-electron chi connectivity index (χ1n) is 9.08. The standard InChI is InChI=1S/C10H8N2O3S.C8H17N/c13-8-6-4-2-1-3-5(4)16-9(6)12-7(11-8)10(14)15;9-7-8-5-3-1-2-4-6-8/h1-3H2,(H,14,15)(H,11,12,13);8H,1-7,9H2. The lowest BCUT2D eigenvalue weighted by Crippen LogP contribution is -2.15. The maximum Gasteiger partial charge on any atom is 0.372 e. The Kier molecular flexibility index (Phi) is 5.86. The molecule has 2 heterocycles. The Hall–Kier alpha value is -1.73. The van der Waals surface area contributed by atoms with Crippen LogP contribution in [0.4, 0.5) is 0 Å². The van der Waals surface area contributed by atoms with Crippen LogP contribution in [0.1, 0.15) is 66.0 Å². The third-order valence-corrected chi connectivity index (χ3v) is 6.27. The molecule has 2 aliphatic carbocycles. The SMILES string of the molecule is NCC1CCCCCC1.O=C(O)c1nc2sc3c(c2c(=O)[nH]1)CCC3. The first-order chi connectivity index (χ1) is 12.1. The van der Waals surface area contributed by atoms with Crippen LogP contribution in [0.3, 0.4) is 0 Å². The summed E-state index contributed by atoms with van der Waals surface area (Å²) in [5, 5.41) is 9.37. The lowest BCUT2D eigenvalue weighted by atomic mass is 10.0. The number of fused-ring (bicyclic) bond motifs is 3. The van der Waals surface area contributed by atoms with Gasteiger partial charge < -0.3 is 15.8 Å². The van der Waals surface area contributed by atoms with E-state index in [0.29, 0.717) is 10.2 Å². The van der Waals surface area contributed by atoms with Crippen LogP contribution in [-0.4, -0.2) is 27.6 Å². The minimum absolute atomic E-state index is 0.280. The van der Waals surface area contributed by atoms with E-state index >= 15 is 0 Å². The topological polar surface area (TPSA) is 109 Å². The summed E-state index contributed by atoms with van der Waals surface area (Å²) in [4.78, 5) is 30.5. The number of rotatable bonds is 2. The number of carboxylic acids is 1. The van der Waals surface area contributed by atoms with E-state index in [0.717, 1.165) is 37.3 Å². The summed E-state index contributed by atoms with van der Waals surface area (Å²) >= 11 is 1.44. The molecule has 2 aliphatic rings. The van der Waals surface area contributed by atoms with Crippen molar-refractivity contribution in [3.05, 3.63) is 26.6 Å². The van der Waals surface area contributed by atoms with Gasteiger partial charge in [-0.3, -0.25) is 4.79 Å². The summed E-state index contributed by atoms with van der Waals surface area (Å²) in [6.07, 6.45) is 11.4. The molecular formula is C18H25N3O3S. The van der Waals surface area contributed by atoms with Crippen molar-refractivity contribution in [3.63, 3.8) is 0 Å². The quantitative estimate of drug-likeness (QED) is 0.710. The minimum Gasteiger partial charge on any atom is -0.475 e. The molecule has 6 nitrogen and oxygen atoms in total. The molecule has 0 atom stereocenters. The Labute approximate surface area is 150 Å². The number of aromatic nitrogens is 2. The summed E-state index contributed by atoms with van der Waals surface area (Å²) in [5.74, 6) is -0.627. The van der Waals surface area contributed by atoms with Gasteiger partial charge in [0.15, 0.2) is 0 Å². The molecule has 136 valence electrons. The number of hydrogen-bond donors (Lipinski definition) is 3. The molecule has 0 aliphatic heterocycles. The van der Waals surface area contributed by atoms with Gasteiger partial charge >= 0.3 is 5.97 Å². The zero-order valence-corrected chi connectivity index (χ0v) is 15.2. The second-order valence-electron chi connectivity index (χ2n) is 6.85. The van der Waals surface area contributed by atoms with Gasteiger partial charge in [-0.1, -0.05) is 25.7 Å². The zero-order valence-electron chi connectivity index (χ0n) is 14.3. The van der Waals surface area contributed by atoms with Gasteiger partial charge in [0, 0.05) is 4.88 Å². The Morgan fingerprint density at radius 2 is 1.92 bits per heavy atom. The number of nitrogens with one attached hydrogen (secondary N) is 1. The van der Waals surface area contributed by atoms with E-state index in [2.05, 4.69) is 9.97 Å². The lowest BCUT2D eigenvalue weighted by molar-refractivity contribution is 0.0683. The Balaban J connectivity index is 0.000000173. The number of aryl methyl sites for hydroxylation is 2. The van der Waals surface area contributed by atoms with Crippen LogP contribution in [0.2, 0.25) is 0 Å². The molecule has 0 radical (unpaired) electrons. The fraction of sp³-hybridized carbons (Fsp3) is 0.611. The van der Waals surface area contributed by atoms with Crippen molar-refractivity contribution < 1.29 is 9.90 Å². The van der Waals surface area contributed by atoms with E-state index < -0.39 is 5.97 Å². The Bertz CT molecular complexity index is 804. The number of hydrogen-bond acceptors (Lipinski definition) is 5. The molecule has 0 saturated heterocycles. The molecule has 25 heavy (non-hydrogen) atoms. The molecule has 1 fully saturated rings. The summed E-state index contributed by atoms with van der Waals surface area (Å²) in [6, 6.07) is 0. The van der Waals surface area contributed by atoms with E-state index in [9.17, 15) is 9.59 Å². The molecule has 0 aromatic carbocycles. The van der Waals surface area contributed by atoms with Gasteiger partial charge in [0.2, 0.25) is 5.82 Å². The largest absolute Gasteiger partial charge is 0.475 e. The van der Waals surface area contributed by atoms with Crippen molar-refractivity contribution in [2.45, 2.75) is 57.8 Å². The molecule has 2 aromatic rings. The van der Waals surface area contributed by atoms with Crippen LogP contribution in [0, 0.1) is 5.92 Å². The van der Waals surface area contributed by atoms with Crippen LogP contribution in [0.15, 0.2) is 4.79 Å². The molecule has 7 heteroatoms. The van der Waals surface area contributed by atoms with Crippen LogP contribution < -0.4 is 11.3 Å². The fourth-order valence-corrected chi connectivity index (χ4v) is 4.97. The molecule has 0 unspecified atom stereocenters. The van der Waals surface area contributed by atoms with Crippen molar-refractivity contribution in [1.29, 1.82) is 0 Å². The second kappa shape index (κ2) is 8.10. The molecule has 0 spiro atoms. The molecule has 0 amide bonds. The van der Waals surface area contributed by atoms with Gasteiger partial charge in [-0.25, -0.2) is 9.78 Å². The zero-order chi connectivity index (χ0) is 17.8. The molecular weight excluding hydrogens is 338 g/mol. The Morgan fingerprint density at radius 1 is 1.20 bits per heavy atom. The number of aromatic amines is 1. The number of H-pyrrole nitrogens is 1. The summed E-state index contributed by atoms with van der Waals surface area (Å²) in [6.45, 7) is 0.917. The second-order valence-corrected chi connectivity index (χ2v) is 7.93. The number of carboxylic acid groups (broad SMARTS) is 1. The number of nitrogens with two attached hydrogens (primary N) is 1. The van der Waals surface area contributed by atoms with Gasteiger partial charge in [-0.05, 0) is 50.1 Å². The molecule has 0 bridgehead atoms. The van der Waals surface area contributed by atoms with Crippen molar-refractivity contribution in [3.8, 4) is 0 Å². The van der Waals surface area contributed by atoms with E-state index in [1.807, 2.05) is 0 Å². The monoisotopic (exact) mass is 363 g/mol. The highest BCUT2D eigenvalue weighted by molar-refractivity contribution is 7.18. The van der Waals surface area contributed by atoms with Crippen LogP contribution >= 0.6 is 11.3 Å². The van der Waals surface area contributed by atoms with E-state index in [-0.39, 0.29) is 11.4 Å². The van der Waals surface area contributed by atoms with Crippen molar-refractivity contribution in [1.82, 2.24) is 9.97 Å². The maximum atomic E-state index is 11.8. The lowest BCUT2D eigenvalue weighted by Gasteiger charge is -2.08. The molecule has 1 saturated carbocycles. The van der Waals surface area contributed by atoms with Crippen LogP contribution in [-0.2, 0) is 12.8 Å². The first-order valence-corrected chi connectivity index (χ1v) is 9.89. The van der Waals surface area contributed by atoms with Crippen molar-refractivity contribution >= 4 is 27.5 Å². The summed E-state index contributed by atoms with van der Waals surface area (Å²) in [5.41, 5.74) is 6.30. The predicted octanol–water partition coefficient (Wildman–Crippen LogP) is 3.09. The third-order valence-electron chi connectivity index (χ3n) is 5.09. The molecule has 4 rings (SSSR count). The van der Waals surface area contributed by atoms with Crippen LogP contribution in [0.5, 0.6) is 0 Å². The van der Waals surface area contributed by atoms with Gasteiger partial charge in [0.25, 0.3) is 5.56 Å². The fourth-order valence-electron chi connectivity index (χ4n) is 3.70. The van der Waals surface area contributed by atoms with Crippen molar-refractivity contribution in [2.75, 3.05) is 6.54 Å². The molecule has 2 aromatic heterocycles. The highest BCUT2D eigenvalue weighted by atomic mass is 32.1. The average molecular weight is 363 g/mol. The van der Waals surface area contributed by atoms with Crippen LogP contribution in [0.25, 0.3) is 10.2 Å². The summed E-state index contributed by atoms with van der Waals surface area (Å²) < 4.78 is 0. The highest BCUT2D eigenvalue weighted by Crippen LogP contribution is 2.34. The number of nitrogens with zero attached hydrogens (tertiary/aromatic N) is 1. The van der Waals surface area contributed by atoms with Crippen molar-refractivity contribution in [2.24, 2.45) is 11.7 Å². The minimum atomic E-state index is -1.20. The van der Waals surface area contributed by atoms with Gasteiger partial charge in [-0.2, -0.15) is 0 Å². The van der Waals surface area contributed by atoms with Gasteiger partial charge in [0.1, 0.15) is 4.83 Å². The highest BCUT2D eigenvalue weighted by Gasteiger charge is 2.22. The average Bonchev–Trinajstić information content (AvgIpc) is 3.06. The maximum absolute atomic E-state index is 11.8. The third kappa shape index (κ3) is 4.10. The summed E-state index contributed by atoms with van der Waals surface area (Å²) in [7, 11) is 0. The Morgan fingerprint density at radius 3 is 2.56 bits per heavy atom.